The van der Waals surface area contributed by atoms with Gasteiger partial charge in [0.15, 0.2) is 6.10 Å². The summed E-state index contributed by atoms with van der Waals surface area (Å²) in [4.78, 5) is 12.3. The molecule has 1 aliphatic rings. The SMILES string of the molecule is CC(Oc1cccc(Cl)c1Cl)C(=O)NC1CCCCC1CN.Cl. The standard InChI is InChI=1S/C16H22Cl2N2O2.ClH/c1-10(22-14-8-4-6-12(17)15(14)18)16(21)20-13-7-3-2-5-11(13)9-19;/h4,6,8,10-11,13H,2-3,5,7,9,19H2,1H3,(H,20,21);1H. The number of benzene rings is 1. The summed E-state index contributed by atoms with van der Waals surface area (Å²) in [6.45, 7) is 2.30. The largest absolute Gasteiger partial charge is 0.479 e. The number of carbonyl (C=O) groups is 1. The van der Waals surface area contributed by atoms with Gasteiger partial charge in [-0.25, -0.2) is 0 Å². The molecule has 0 saturated heterocycles. The van der Waals surface area contributed by atoms with Crippen molar-refractivity contribution >= 4 is 41.5 Å². The Kier molecular flexibility index (Phi) is 8.48. The second kappa shape index (κ2) is 9.58. The molecule has 23 heavy (non-hydrogen) atoms. The molecule has 0 bridgehead atoms. The highest BCUT2D eigenvalue weighted by Gasteiger charge is 2.27. The molecule has 0 radical (unpaired) electrons. The first kappa shape index (κ1) is 20.4. The highest BCUT2D eigenvalue weighted by molar-refractivity contribution is 6.42. The Balaban J connectivity index is 0.00000264. The molecule has 2 rings (SSSR count). The Labute approximate surface area is 153 Å². The first-order valence-corrected chi connectivity index (χ1v) is 8.39. The molecule has 3 unspecified atom stereocenters. The maximum atomic E-state index is 12.3. The summed E-state index contributed by atoms with van der Waals surface area (Å²) in [7, 11) is 0. The van der Waals surface area contributed by atoms with Crippen LogP contribution in [0.1, 0.15) is 32.6 Å². The van der Waals surface area contributed by atoms with Crippen LogP contribution in [0.15, 0.2) is 18.2 Å². The van der Waals surface area contributed by atoms with Crippen LogP contribution in [0.4, 0.5) is 0 Å². The van der Waals surface area contributed by atoms with Gasteiger partial charge in [0.05, 0.1) is 5.02 Å². The summed E-state index contributed by atoms with van der Waals surface area (Å²) >= 11 is 12.0. The van der Waals surface area contributed by atoms with Crippen molar-refractivity contribution in [1.29, 1.82) is 0 Å². The molecule has 0 heterocycles. The molecule has 1 fully saturated rings. The van der Waals surface area contributed by atoms with Gasteiger partial charge >= 0.3 is 0 Å². The maximum absolute atomic E-state index is 12.3. The van der Waals surface area contributed by atoms with Gasteiger partial charge in [0.25, 0.3) is 5.91 Å². The third-order valence-corrected chi connectivity index (χ3v) is 4.93. The molecule has 130 valence electrons. The van der Waals surface area contributed by atoms with Gasteiger partial charge in [-0.3, -0.25) is 4.79 Å². The van der Waals surface area contributed by atoms with Crippen LogP contribution in [-0.2, 0) is 4.79 Å². The fraction of sp³-hybridized carbons (Fsp3) is 0.562. The minimum atomic E-state index is -0.642. The van der Waals surface area contributed by atoms with Crippen molar-refractivity contribution in [3.8, 4) is 5.75 Å². The zero-order valence-corrected chi connectivity index (χ0v) is 15.4. The Morgan fingerprint density at radius 1 is 1.39 bits per heavy atom. The van der Waals surface area contributed by atoms with Crippen LogP contribution in [0.2, 0.25) is 10.0 Å². The van der Waals surface area contributed by atoms with Gasteiger partial charge in [0.1, 0.15) is 10.8 Å². The number of amides is 1. The molecule has 0 aromatic heterocycles. The lowest BCUT2D eigenvalue weighted by Crippen LogP contribution is -2.48. The molecular formula is C16H23Cl3N2O2. The summed E-state index contributed by atoms with van der Waals surface area (Å²) in [5.41, 5.74) is 5.79. The van der Waals surface area contributed by atoms with E-state index in [1.165, 1.54) is 6.42 Å². The zero-order valence-electron chi connectivity index (χ0n) is 13.1. The van der Waals surface area contributed by atoms with Gasteiger partial charge in [-0.1, -0.05) is 42.1 Å². The van der Waals surface area contributed by atoms with E-state index in [9.17, 15) is 4.79 Å². The summed E-state index contributed by atoms with van der Waals surface area (Å²) in [6, 6.07) is 5.24. The summed E-state index contributed by atoms with van der Waals surface area (Å²) in [5, 5.41) is 3.78. The van der Waals surface area contributed by atoms with E-state index in [1.807, 2.05) is 0 Å². The van der Waals surface area contributed by atoms with Crippen molar-refractivity contribution in [2.75, 3.05) is 6.54 Å². The van der Waals surface area contributed by atoms with E-state index in [0.717, 1.165) is 19.3 Å². The van der Waals surface area contributed by atoms with E-state index in [-0.39, 0.29) is 24.4 Å². The number of nitrogens with two attached hydrogens (primary N) is 1. The van der Waals surface area contributed by atoms with Gasteiger partial charge < -0.3 is 15.8 Å². The molecule has 3 N–H and O–H groups in total. The monoisotopic (exact) mass is 380 g/mol. The van der Waals surface area contributed by atoms with E-state index < -0.39 is 6.10 Å². The fourth-order valence-corrected chi connectivity index (χ4v) is 3.14. The number of halogens is 3. The van der Waals surface area contributed by atoms with Crippen molar-refractivity contribution in [2.24, 2.45) is 11.7 Å². The highest BCUT2D eigenvalue weighted by atomic mass is 35.5. The topological polar surface area (TPSA) is 64.3 Å². The summed E-state index contributed by atoms with van der Waals surface area (Å²) in [5.74, 6) is 0.608. The van der Waals surface area contributed by atoms with E-state index in [1.54, 1.807) is 25.1 Å². The van der Waals surface area contributed by atoms with Crippen LogP contribution in [0.5, 0.6) is 5.75 Å². The van der Waals surface area contributed by atoms with Gasteiger partial charge in [-0.05, 0) is 44.4 Å². The predicted octanol–water partition coefficient (Wildman–Crippen LogP) is 3.82. The van der Waals surface area contributed by atoms with Crippen LogP contribution >= 0.6 is 35.6 Å². The minimum absolute atomic E-state index is 0. The molecule has 0 aliphatic heterocycles. The number of hydrogen-bond donors (Lipinski definition) is 2. The van der Waals surface area contributed by atoms with Gasteiger partial charge in [0.2, 0.25) is 0 Å². The average molecular weight is 382 g/mol. The molecule has 0 spiro atoms. The number of rotatable bonds is 5. The molecule has 3 atom stereocenters. The lowest BCUT2D eigenvalue weighted by molar-refractivity contribution is -0.128. The Morgan fingerprint density at radius 2 is 2.09 bits per heavy atom. The summed E-state index contributed by atoms with van der Waals surface area (Å²) in [6.07, 6.45) is 3.70. The van der Waals surface area contributed by atoms with Crippen molar-refractivity contribution < 1.29 is 9.53 Å². The van der Waals surface area contributed by atoms with Crippen molar-refractivity contribution in [1.82, 2.24) is 5.32 Å². The van der Waals surface area contributed by atoms with Crippen LogP contribution in [0.25, 0.3) is 0 Å². The lowest BCUT2D eigenvalue weighted by atomic mass is 9.84. The third-order valence-electron chi connectivity index (χ3n) is 4.13. The first-order valence-electron chi connectivity index (χ1n) is 7.64. The first-order chi connectivity index (χ1) is 10.5. The number of ether oxygens (including phenoxy) is 1. The molecule has 1 aliphatic carbocycles. The smallest absolute Gasteiger partial charge is 0.261 e. The lowest BCUT2D eigenvalue weighted by Gasteiger charge is -2.32. The quantitative estimate of drug-likeness (QED) is 0.815. The Hall–Kier alpha value is -0.680. The van der Waals surface area contributed by atoms with E-state index >= 15 is 0 Å². The van der Waals surface area contributed by atoms with Crippen molar-refractivity contribution in [3.63, 3.8) is 0 Å². The van der Waals surface area contributed by atoms with Crippen molar-refractivity contribution in [3.05, 3.63) is 28.2 Å². The van der Waals surface area contributed by atoms with Gasteiger partial charge in [-0.2, -0.15) is 0 Å². The van der Waals surface area contributed by atoms with Crippen LogP contribution in [-0.4, -0.2) is 24.6 Å². The molecule has 7 heteroatoms. The van der Waals surface area contributed by atoms with Gasteiger partial charge in [-0.15, -0.1) is 12.4 Å². The molecule has 1 saturated carbocycles. The molecule has 1 amide bonds. The van der Waals surface area contributed by atoms with E-state index in [4.69, 9.17) is 33.7 Å². The second-order valence-corrected chi connectivity index (χ2v) is 6.49. The molecule has 1 aromatic carbocycles. The predicted molar refractivity (Wildman–Crippen MR) is 96.7 cm³/mol. The Morgan fingerprint density at radius 3 is 2.78 bits per heavy atom. The molecular weight excluding hydrogens is 359 g/mol. The van der Waals surface area contributed by atoms with Crippen LogP contribution < -0.4 is 15.8 Å². The molecule has 4 nitrogen and oxygen atoms in total. The average Bonchev–Trinajstić information content (AvgIpc) is 2.52. The van der Waals surface area contributed by atoms with Gasteiger partial charge in [0, 0.05) is 6.04 Å². The van der Waals surface area contributed by atoms with Crippen LogP contribution in [0, 0.1) is 5.92 Å². The summed E-state index contributed by atoms with van der Waals surface area (Å²) < 4.78 is 5.64. The molecule has 1 aromatic rings. The minimum Gasteiger partial charge on any atom is -0.479 e. The van der Waals surface area contributed by atoms with Crippen molar-refractivity contribution in [2.45, 2.75) is 44.8 Å². The fourth-order valence-electron chi connectivity index (χ4n) is 2.80. The normalized spacial score (nSPS) is 21.9. The highest BCUT2D eigenvalue weighted by Crippen LogP contribution is 2.32. The Bertz CT molecular complexity index is 528. The maximum Gasteiger partial charge on any atom is 0.261 e. The second-order valence-electron chi connectivity index (χ2n) is 5.71. The van der Waals surface area contributed by atoms with E-state index in [2.05, 4.69) is 5.32 Å². The third kappa shape index (κ3) is 5.42. The zero-order chi connectivity index (χ0) is 16.1. The number of nitrogens with one attached hydrogen (secondary N) is 1. The number of carbonyl (C=O) groups excluding carboxylic acids is 1. The van der Waals surface area contributed by atoms with E-state index in [0.29, 0.717) is 28.3 Å². The number of hydrogen-bond acceptors (Lipinski definition) is 3. The van der Waals surface area contributed by atoms with Crippen LogP contribution in [0.3, 0.4) is 0 Å².